The molecule has 0 saturated heterocycles. The van der Waals surface area contributed by atoms with Gasteiger partial charge in [-0.05, 0) is 13.8 Å². The van der Waals surface area contributed by atoms with Gasteiger partial charge < -0.3 is 0 Å². The standard InChI is InChI=1S/C9H11NOS/c1-6(2)4-8(11)9-7(3)10-5-12-9/h5H,1,4H2,2-3H3. The first-order valence-electron chi connectivity index (χ1n) is 3.69. The fourth-order valence-corrected chi connectivity index (χ4v) is 1.67. The molecule has 0 aliphatic rings. The third kappa shape index (κ3) is 2.01. The number of carbonyl (C=O) groups is 1. The Morgan fingerprint density at radius 1 is 1.75 bits per heavy atom. The van der Waals surface area contributed by atoms with Gasteiger partial charge in [-0.1, -0.05) is 12.2 Å². The summed E-state index contributed by atoms with van der Waals surface area (Å²) in [5.41, 5.74) is 3.42. The summed E-state index contributed by atoms with van der Waals surface area (Å²) in [6.07, 6.45) is 0.434. The summed E-state index contributed by atoms with van der Waals surface area (Å²) >= 11 is 1.40. The number of aryl methyl sites for hydroxylation is 1. The highest BCUT2D eigenvalue weighted by atomic mass is 32.1. The lowest BCUT2D eigenvalue weighted by atomic mass is 10.1. The van der Waals surface area contributed by atoms with Crippen molar-refractivity contribution in [3.63, 3.8) is 0 Å². The molecule has 64 valence electrons. The number of aromatic nitrogens is 1. The number of Topliss-reactive ketones (excluding diaryl/α,β-unsaturated/α-hetero) is 1. The molecule has 0 aliphatic heterocycles. The quantitative estimate of drug-likeness (QED) is 0.530. The van der Waals surface area contributed by atoms with Crippen LogP contribution in [0, 0.1) is 6.92 Å². The molecule has 2 nitrogen and oxygen atoms in total. The van der Waals surface area contributed by atoms with E-state index in [-0.39, 0.29) is 5.78 Å². The molecule has 0 aromatic carbocycles. The number of nitrogens with zero attached hydrogens (tertiary/aromatic N) is 1. The Balaban J connectivity index is 2.78. The van der Waals surface area contributed by atoms with E-state index in [1.165, 1.54) is 11.3 Å². The van der Waals surface area contributed by atoms with Gasteiger partial charge in [0.1, 0.15) is 0 Å². The van der Waals surface area contributed by atoms with Crippen LogP contribution in [0.25, 0.3) is 0 Å². The third-order valence-corrected chi connectivity index (χ3v) is 2.43. The van der Waals surface area contributed by atoms with Gasteiger partial charge >= 0.3 is 0 Å². The molecular formula is C9H11NOS. The predicted octanol–water partition coefficient (Wildman–Crippen LogP) is 2.60. The third-order valence-electron chi connectivity index (χ3n) is 1.46. The van der Waals surface area contributed by atoms with E-state index in [0.29, 0.717) is 6.42 Å². The van der Waals surface area contributed by atoms with Crippen LogP contribution in [-0.4, -0.2) is 10.8 Å². The van der Waals surface area contributed by atoms with E-state index >= 15 is 0 Å². The molecule has 12 heavy (non-hydrogen) atoms. The summed E-state index contributed by atoms with van der Waals surface area (Å²) in [7, 11) is 0. The van der Waals surface area contributed by atoms with Crippen LogP contribution in [0.4, 0.5) is 0 Å². The zero-order valence-electron chi connectivity index (χ0n) is 7.26. The van der Waals surface area contributed by atoms with Crippen molar-refractivity contribution in [1.29, 1.82) is 0 Å². The van der Waals surface area contributed by atoms with Crippen LogP contribution in [0.3, 0.4) is 0 Å². The molecule has 0 atom stereocenters. The molecule has 3 heteroatoms. The average Bonchev–Trinajstić information content (AvgIpc) is 2.33. The summed E-state index contributed by atoms with van der Waals surface area (Å²) in [4.78, 5) is 16.2. The number of rotatable bonds is 3. The van der Waals surface area contributed by atoms with Gasteiger partial charge in [0.15, 0.2) is 5.78 Å². The lowest BCUT2D eigenvalue weighted by Gasteiger charge is -1.96. The van der Waals surface area contributed by atoms with E-state index in [4.69, 9.17) is 0 Å². The second-order valence-corrected chi connectivity index (χ2v) is 3.68. The summed E-state index contributed by atoms with van der Waals surface area (Å²) in [5.74, 6) is 0.127. The summed E-state index contributed by atoms with van der Waals surface area (Å²) < 4.78 is 0. The molecule has 0 unspecified atom stereocenters. The second-order valence-electron chi connectivity index (χ2n) is 2.82. The minimum Gasteiger partial charge on any atom is -0.293 e. The maximum absolute atomic E-state index is 11.4. The van der Waals surface area contributed by atoms with Crippen LogP contribution in [0.15, 0.2) is 17.7 Å². The highest BCUT2D eigenvalue weighted by Gasteiger charge is 2.10. The number of allylic oxidation sites excluding steroid dienone is 1. The Labute approximate surface area is 76.0 Å². The lowest BCUT2D eigenvalue weighted by molar-refractivity contribution is 0.0996. The molecule has 0 spiro atoms. The Hall–Kier alpha value is -0.960. The summed E-state index contributed by atoms with van der Waals surface area (Å²) in [6.45, 7) is 7.40. The summed E-state index contributed by atoms with van der Waals surface area (Å²) in [5, 5.41) is 0. The van der Waals surface area contributed by atoms with Crippen molar-refractivity contribution < 1.29 is 4.79 Å². The van der Waals surface area contributed by atoms with Crippen LogP contribution in [-0.2, 0) is 0 Å². The zero-order chi connectivity index (χ0) is 9.14. The van der Waals surface area contributed by atoms with Gasteiger partial charge in [-0.2, -0.15) is 0 Å². The van der Waals surface area contributed by atoms with E-state index in [9.17, 15) is 4.79 Å². The van der Waals surface area contributed by atoms with E-state index in [2.05, 4.69) is 11.6 Å². The van der Waals surface area contributed by atoms with Crippen molar-refractivity contribution in [2.45, 2.75) is 20.3 Å². The van der Waals surface area contributed by atoms with Crippen LogP contribution >= 0.6 is 11.3 Å². The number of hydrogen-bond donors (Lipinski definition) is 0. The molecule has 1 heterocycles. The fraction of sp³-hybridized carbons (Fsp3) is 0.333. The molecule has 0 fully saturated rings. The first-order valence-corrected chi connectivity index (χ1v) is 4.57. The first-order chi connectivity index (χ1) is 5.61. The molecule has 0 saturated carbocycles. The largest absolute Gasteiger partial charge is 0.293 e. The smallest absolute Gasteiger partial charge is 0.178 e. The Morgan fingerprint density at radius 2 is 2.42 bits per heavy atom. The Morgan fingerprint density at radius 3 is 2.83 bits per heavy atom. The van der Waals surface area contributed by atoms with Crippen molar-refractivity contribution in [3.8, 4) is 0 Å². The second kappa shape index (κ2) is 3.63. The highest BCUT2D eigenvalue weighted by Crippen LogP contribution is 2.16. The monoisotopic (exact) mass is 181 g/mol. The van der Waals surface area contributed by atoms with Gasteiger partial charge in [0, 0.05) is 6.42 Å². The maximum atomic E-state index is 11.4. The molecule has 0 radical (unpaired) electrons. The van der Waals surface area contributed by atoms with E-state index in [0.717, 1.165) is 16.1 Å². The molecule has 1 rings (SSSR count). The van der Waals surface area contributed by atoms with E-state index in [1.54, 1.807) is 5.51 Å². The van der Waals surface area contributed by atoms with Gasteiger partial charge in [-0.3, -0.25) is 4.79 Å². The normalized spacial score (nSPS) is 9.83. The fourth-order valence-electron chi connectivity index (χ4n) is 0.924. The van der Waals surface area contributed by atoms with Crippen LogP contribution in [0.2, 0.25) is 0 Å². The molecule has 0 aliphatic carbocycles. The number of thiazole rings is 1. The molecule has 1 aromatic rings. The minimum atomic E-state index is 0.127. The molecule has 0 N–H and O–H groups in total. The molecule has 0 bridgehead atoms. The van der Waals surface area contributed by atoms with Crippen molar-refractivity contribution in [3.05, 3.63) is 28.2 Å². The molecule has 1 aromatic heterocycles. The lowest BCUT2D eigenvalue weighted by Crippen LogP contribution is -1.98. The van der Waals surface area contributed by atoms with Crippen LogP contribution in [0.5, 0.6) is 0 Å². The average molecular weight is 181 g/mol. The SMILES string of the molecule is C=C(C)CC(=O)c1scnc1C. The van der Waals surface area contributed by atoms with Crippen molar-refractivity contribution >= 4 is 17.1 Å². The van der Waals surface area contributed by atoms with Crippen molar-refractivity contribution in [1.82, 2.24) is 4.98 Å². The Kier molecular flexibility index (Phi) is 2.76. The summed E-state index contributed by atoms with van der Waals surface area (Å²) in [6, 6.07) is 0. The van der Waals surface area contributed by atoms with Crippen molar-refractivity contribution in [2.75, 3.05) is 0 Å². The molecule has 0 amide bonds. The zero-order valence-corrected chi connectivity index (χ0v) is 8.07. The van der Waals surface area contributed by atoms with Gasteiger partial charge in [-0.15, -0.1) is 11.3 Å². The van der Waals surface area contributed by atoms with Crippen molar-refractivity contribution in [2.24, 2.45) is 0 Å². The van der Waals surface area contributed by atoms with E-state index in [1.807, 2.05) is 13.8 Å². The van der Waals surface area contributed by atoms with E-state index < -0.39 is 0 Å². The van der Waals surface area contributed by atoms with Gasteiger partial charge in [0.05, 0.1) is 16.1 Å². The van der Waals surface area contributed by atoms with Crippen LogP contribution in [0.1, 0.15) is 28.7 Å². The predicted molar refractivity (Wildman–Crippen MR) is 50.6 cm³/mol. The van der Waals surface area contributed by atoms with Gasteiger partial charge in [0.25, 0.3) is 0 Å². The Bertz CT molecular complexity index is 314. The topological polar surface area (TPSA) is 30.0 Å². The molecular weight excluding hydrogens is 170 g/mol. The van der Waals surface area contributed by atoms with Gasteiger partial charge in [-0.25, -0.2) is 4.98 Å². The number of carbonyl (C=O) groups excluding carboxylic acids is 1. The number of hydrogen-bond acceptors (Lipinski definition) is 3. The maximum Gasteiger partial charge on any atom is 0.178 e. The number of ketones is 1. The van der Waals surface area contributed by atoms with Gasteiger partial charge in [0.2, 0.25) is 0 Å². The first kappa shape index (κ1) is 9.13. The minimum absolute atomic E-state index is 0.127. The van der Waals surface area contributed by atoms with Crippen LogP contribution < -0.4 is 0 Å². The highest BCUT2D eigenvalue weighted by molar-refractivity contribution is 7.11.